The summed E-state index contributed by atoms with van der Waals surface area (Å²) in [5, 5.41) is 3.91. The highest BCUT2D eigenvalue weighted by molar-refractivity contribution is 7.99. The third kappa shape index (κ3) is 3.92. The Bertz CT molecular complexity index is 636. The van der Waals surface area contributed by atoms with Crippen molar-refractivity contribution >= 4 is 52.5 Å². The lowest BCUT2D eigenvalue weighted by Gasteiger charge is -2.37. The zero-order chi connectivity index (χ0) is 17.1. The highest BCUT2D eigenvalue weighted by Gasteiger charge is 2.30. The molecule has 1 N–H and O–H groups in total. The molecule has 3 rings (SSSR count). The molecule has 8 heteroatoms. The molecule has 0 aromatic heterocycles. The van der Waals surface area contributed by atoms with Gasteiger partial charge in [-0.25, -0.2) is 0 Å². The summed E-state index contributed by atoms with van der Waals surface area (Å²) in [4.78, 5) is 28.3. The van der Waals surface area contributed by atoms with E-state index in [2.05, 4.69) is 10.2 Å². The Labute approximate surface area is 155 Å². The van der Waals surface area contributed by atoms with Crippen LogP contribution in [-0.2, 0) is 9.59 Å². The number of benzene rings is 1. The molecular formula is C16H19Cl2N3O2S. The van der Waals surface area contributed by atoms with Crippen LogP contribution in [0.3, 0.4) is 0 Å². The van der Waals surface area contributed by atoms with Gasteiger partial charge in [-0.1, -0.05) is 29.3 Å². The van der Waals surface area contributed by atoms with E-state index >= 15 is 0 Å². The number of carbonyl (C=O) groups excluding carboxylic acids is 2. The maximum absolute atomic E-state index is 12.6. The van der Waals surface area contributed by atoms with Crippen LogP contribution in [0.25, 0.3) is 0 Å². The van der Waals surface area contributed by atoms with Gasteiger partial charge in [-0.2, -0.15) is 11.8 Å². The highest BCUT2D eigenvalue weighted by atomic mass is 35.5. The summed E-state index contributed by atoms with van der Waals surface area (Å²) in [6.07, 6.45) is 0.482. The van der Waals surface area contributed by atoms with E-state index in [4.69, 9.17) is 23.2 Å². The van der Waals surface area contributed by atoms with Crippen LogP contribution in [0.5, 0.6) is 0 Å². The number of carbonyl (C=O) groups is 2. The van der Waals surface area contributed by atoms with Crippen LogP contribution in [0.4, 0.5) is 5.69 Å². The zero-order valence-electron chi connectivity index (χ0n) is 13.1. The van der Waals surface area contributed by atoms with E-state index in [0.29, 0.717) is 48.4 Å². The SMILES string of the molecule is O=C1CCSCC(C(=O)N2CCN(c3cccc(Cl)c3Cl)CC2)N1. The molecule has 0 bridgehead atoms. The van der Waals surface area contributed by atoms with E-state index in [1.165, 1.54) is 0 Å². The molecule has 1 aromatic carbocycles. The highest BCUT2D eigenvalue weighted by Crippen LogP contribution is 2.32. The predicted octanol–water partition coefficient (Wildman–Crippen LogP) is 2.26. The standard InChI is InChI=1S/C16H19Cl2N3O2S/c17-11-2-1-3-13(15(11)18)20-5-7-21(8-6-20)16(23)12-10-24-9-4-14(22)19-12/h1-3,12H,4-10H2,(H,19,22). The number of amides is 2. The van der Waals surface area contributed by atoms with Crippen LogP contribution in [0.1, 0.15) is 6.42 Å². The van der Waals surface area contributed by atoms with Crippen LogP contribution >= 0.6 is 35.0 Å². The molecule has 1 unspecified atom stereocenters. The first kappa shape index (κ1) is 17.7. The van der Waals surface area contributed by atoms with Gasteiger partial charge in [-0.3, -0.25) is 9.59 Å². The molecule has 1 aromatic rings. The van der Waals surface area contributed by atoms with Gasteiger partial charge in [0, 0.05) is 44.1 Å². The lowest BCUT2D eigenvalue weighted by Crippen LogP contribution is -2.55. The molecule has 2 heterocycles. The second-order valence-corrected chi connectivity index (χ2v) is 7.77. The third-order valence-corrected chi connectivity index (χ3v) is 6.13. The van der Waals surface area contributed by atoms with Gasteiger partial charge in [0.1, 0.15) is 6.04 Å². The quantitative estimate of drug-likeness (QED) is 0.845. The van der Waals surface area contributed by atoms with Crippen molar-refractivity contribution in [3.05, 3.63) is 28.2 Å². The first-order valence-corrected chi connectivity index (χ1v) is 9.82. The van der Waals surface area contributed by atoms with E-state index in [-0.39, 0.29) is 11.8 Å². The fraction of sp³-hybridized carbons (Fsp3) is 0.500. The number of nitrogens with one attached hydrogen (secondary N) is 1. The minimum atomic E-state index is -0.411. The normalized spacial score (nSPS) is 22.1. The monoisotopic (exact) mass is 387 g/mol. The molecule has 0 aliphatic carbocycles. The van der Waals surface area contributed by atoms with Crippen molar-refractivity contribution in [2.45, 2.75) is 12.5 Å². The Morgan fingerprint density at radius 3 is 2.71 bits per heavy atom. The van der Waals surface area contributed by atoms with Crippen molar-refractivity contribution in [2.75, 3.05) is 42.6 Å². The van der Waals surface area contributed by atoms with Crippen molar-refractivity contribution in [1.29, 1.82) is 0 Å². The second-order valence-electron chi connectivity index (χ2n) is 5.83. The van der Waals surface area contributed by atoms with Gasteiger partial charge in [0.25, 0.3) is 0 Å². The predicted molar refractivity (Wildman–Crippen MR) is 99.1 cm³/mol. The Hall–Kier alpha value is -1.11. The molecule has 2 fully saturated rings. The smallest absolute Gasteiger partial charge is 0.246 e. The van der Waals surface area contributed by atoms with E-state index in [1.807, 2.05) is 17.0 Å². The Morgan fingerprint density at radius 2 is 1.96 bits per heavy atom. The fourth-order valence-corrected chi connectivity index (χ4v) is 4.31. The van der Waals surface area contributed by atoms with Gasteiger partial charge in [0.2, 0.25) is 11.8 Å². The maximum Gasteiger partial charge on any atom is 0.246 e. The summed E-state index contributed by atoms with van der Waals surface area (Å²) in [7, 11) is 0. The maximum atomic E-state index is 12.6. The van der Waals surface area contributed by atoms with Gasteiger partial charge in [-0.05, 0) is 12.1 Å². The largest absolute Gasteiger partial charge is 0.367 e. The van der Waals surface area contributed by atoms with Gasteiger partial charge in [-0.15, -0.1) is 0 Å². The lowest BCUT2D eigenvalue weighted by atomic mass is 10.2. The molecule has 24 heavy (non-hydrogen) atoms. The molecule has 2 amide bonds. The number of halogens is 2. The molecule has 0 radical (unpaired) electrons. The molecule has 130 valence electrons. The first-order valence-electron chi connectivity index (χ1n) is 7.91. The van der Waals surface area contributed by atoms with Crippen LogP contribution in [0.15, 0.2) is 18.2 Å². The van der Waals surface area contributed by atoms with E-state index in [9.17, 15) is 9.59 Å². The molecule has 5 nitrogen and oxygen atoms in total. The molecule has 2 aliphatic rings. The molecular weight excluding hydrogens is 369 g/mol. The van der Waals surface area contributed by atoms with Gasteiger partial charge < -0.3 is 15.1 Å². The Kier molecular flexibility index (Phi) is 5.79. The van der Waals surface area contributed by atoms with Gasteiger partial charge >= 0.3 is 0 Å². The Morgan fingerprint density at radius 1 is 1.21 bits per heavy atom. The van der Waals surface area contributed by atoms with Crippen molar-refractivity contribution < 1.29 is 9.59 Å². The molecule has 2 saturated heterocycles. The van der Waals surface area contributed by atoms with Crippen molar-refractivity contribution in [3.63, 3.8) is 0 Å². The van der Waals surface area contributed by atoms with Gasteiger partial charge in [0.15, 0.2) is 0 Å². The number of piperazine rings is 1. The minimum absolute atomic E-state index is 0.00888. The topological polar surface area (TPSA) is 52.7 Å². The average Bonchev–Trinajstić information content (AvgIpc) is 2.81. The summed E-state index contributed by atoms with van der Waals surface area (Å²) < 4.78 is 0. The van der Waals surface area contributed by atoms with E-state index in [0.717, 1.165) is 11.4 Å². The average molecular weight is 388 g/mol. The first-order chi connectivity index (χ1) is 11.6. The number of thioether (sulfide) groups is 1. The fourth-order valence-electron chi connectivity index (χ4n) is 2.93. The molecule has 0 saturated carbocycles. The summed E-state index contributed by atoms with van der Waals surface area (Å²) in [5.74, 6) is 1.39. The van der Waals surface area contributed by atoms with Crippen LogP contribution in [0.2, 0.25) is 10.0 Å². The van der Waals surface area contributed by atoms with Crippen LogP contribution < -0.4 is 10.2 Å². The van der Waals surface area contributed by atoms with E-state index in [1.54, 1.807) is 17.8 Å². The second kappa shape index (κ2) is 7.85. The molecule has 2 aliphatic heterocycles. The summed E-state index contributed by atoms with van der Waals surface area (Å²) in [6, 6.07) is 5.17. The summed E-state index contributed by atoms with van der Waals surface area (Å²) in [5.41, 5.74) is 0.898. The number of nitrogens with zero attached hydrogens (tertiary/aromatic N) is 2. The molecule has 1 atom stereocenters. The van der Waals surface area contributed by atoms with Gasteiger partial charge in [0.05, 0.1) is 15.7 Å². The Balaban J connectivity index is 1.61. The lowest BCUT2D eigenvalue weighted by molar-refractivity contribution is -0.135. The summed E-state index contributed by atoms with van der Waals surface area (Å²) in [6.45, 7) is 2.61. The van der Waals surface area contributed by atoms with Crippen molar-refractivity contribution in [1.82, 2.24) is 10.2 Å². The minimum Gasteiger partial charge on any atom is -0.367 e. The summed E-state index contributed by atoms with van der Waals surface area (Å²) >= 11 is 14.0. The molecule has 0 spiro atoms. The number of rotatable bonds is 2. The van der Waals surface area contributed by atoms with E-state index < -0.39 is 6.04 Å². The van der Waals surface area contributed by atoms with Crippen LogP contribution in [0, 0.1) is 0 Å². The van der Waals surface area contributed by atoms with Crippen molar-refractivity contribution in [2.24, 2.45) is 0 Å². The number of hydrogen-bond acceptors (Lipinski definition) is 4. The number of anilines is 1. The number of hydrogen-bond donors (Lipinski definition) is 1. The van der Waals surface area contributed by atoms with Crippen molar-refractivity contribution in [3.8, 4) is 0 Å². The zero-order valence-corrected chi connectivity index (χ0v) is 15.5. The van der Waals surface area contributed by atoms with Crippen LogP contribution in [-0.4, -0.2) is 60.4 Å². The third-order valence-electron chi connectivity index (χ3n) is 4.25.